The second-order valence-electron chi connectivity index (χ2n) is 5.34. The zero-order chi connectivity index (χ0) is 16.9. The molecule has 1 heterocycles. The van der Waals surface area contributed by atoms with Gasteiger partial charge in [-0.15, -0.1) is 0 Å². The Morgan fingerprint density at radius 3 is 2.12 bits per heavy atom. The summed E-state index contributed by atoms with van der Waals surface area (Å²) in [5.41, 5.74) is 1.30. The first kappa shape index (κ1) is 16.1. The zero-order valence-corrected chi connectivity index (χ0v) is 12.9. The normalized spacial score (nSPS) is 11.0. The van der Waals surface area contributed by atoms with Crippen LogP contribution in [0, 0.1) is 11.6 Å². The molecule has 3 rings (SSSR count). The lowest BCUT2D eigenvalue weighted by Gasteiger charge is -2.21. The van der Waals surface area contributed by atoms with Crippen LogP contribution in [0.3, 0.4) is 0 Å². The van der Waals surface area contributed by atoms with Crippen molar-refractivity contribution >= 4 is 5.69 Å². The second-order valence-corrected chi connectivity index (χ2v) is 5.34. The van der Waals surface area contributed by atoms with E-state index in [2.05, 4.69) is 10.4 Å². The lowest BCUT2D eigenvalue weighted by atomic mass is 9.97. The Bertz CT molecular complexity index is 774. The molecule has 124 valence electrons. The minimum absolute atomic E-state index is 0.0365. The number of hydrogen-bond acceptors (Lipinski definition) is 3. The lowest BCUT2D eigenvalue weighted by molar-refractivity contribution is 0.269. The predicted octanol–water partition coefficient (Wildman–Crippen LogP) is 3.36. The molecule has 0 aliphatic rings. The van der Waals surface area contributed by atoms with Crippen LogP contribution < -0.4 is 5.32 Å². The number of aliphatic hydroxyl groups excluding tert-OH is 1. The lowest BCUT2D eigenvalue weighted by Crippen LogP contribution is -2.15. The summed E-state index contributed by atoms with van der Waals surface area (Å²) >= 11 is 0. The third-order valence-electron chi connectivity index (χ3n) is 3.71. The molecule has 0 aliphatic heterocycles. The first-order chi connectivity index (χ1) is 11.7. The third-order valence-corrected chi connectivity index (χ3v) is 3.71. The van der Waals surface area contributed by atoms with Crippen LogP contribution in [-0.2, 0) is 6.54 Å². The molecule has 4 nitrogen and oxygen atoms in total. The van der Waals surface area contributed by atoms with Crippen molar-refractivity contribution in [2.75, 3.05) is 11.9 Å². The average Bonchev–Trinajstić information content (AvgIpc) is 3.02. The van der Waals surface area contributed by atoms with Crippen molar-refractivity contribution in [3.8, 4) is 0 Å². The fraction of sp³-hybridized carbons (Fsp3) is 0.167. The highest BCUT2D eigenvalue weighted by Crippen LogP contribution is 2.30. The number of aliphatic hydroxyl groups is 1. The van der Waals surface area contributed by atoms with Crippen LogP contribution in [0.15, 0.2) is 60.9 Å². The molecule has 0 atom stereocenters. The van der Waals surface area contributed by atoms with E-state index in [1.54, 1.807) is 53.5 Å². The number of nitrogens with zero attached hydrogens (tertiary/aromatic N) is 2. The maximum absolute atomic E-state index is 14.3. The molecule has 0 unspecified atom stereocenters. The number of anilines is 1. The molecule has 0 amide bonds. The maximum Gasteiger partial charge on any atom is 0.128 e. The quantitative estimate of drug-likeness (QED) is 0.729. The number of aromatic nitrogens is 2. The first-order valence-electron chi connectivity index (χ1n) is 7.57. The van der Waals surface area contributed by atoms with E-state index in [9.17, 15) is 8.78 Å². The minimum Gasteiger partial charge on any atom is -0.394 e. The molecule has 2 N–H and O–H groups in total. The number of rotatable bonds is 6. The van der Waals surface area contributed by atoms with Gasteiger partial charge in [0, 0.05) is 17.3 Å². The maximum atomic E-state index is 14.3. The molecule has 0 saturated heterocycles. The van der Waals surface area contributed by atoms with E-state index in [0.29, 0.717) is 23.4 Å². The fourth-order valence-electron chi connectivity index (χ4n) is 2.57. The van der Waals surface area contributed by atoms with Crippen LogP contribution in [0.25, 0.3) is 0 Å². The van der Waals surface area contributed by atoms with Gasteiger partial charge in [-0.05, 0) is 12.1 Å². The SMILES string of the molecule is OCCn1cc(NC(c2ccccc2F)c2ccccc2F)cn1. The Labute approximate surface area is 138 Å². The zero-order valence-electron chi connectivity index (χ0n) is 12.9. The van der Waals surface area contributed by atoms with Crippen molar-refractivity contribution in [2.24, 2.45) is 0 Å². The largest absolute Gasteiger partial charge is 0.394 e. The summed E-state index contributed by atoms with van der Waals surface area (Å²) in [6.07, 6.45) is 3.25. The Kier molecular flexibility index (Phi) is 4.86. The van der Waals surface area contributed by atoms with Crippen molar-refractivity contribution in [3.05, 3.63) is 83.7 Å². The molecule has 1 aromatic heterocycles. The minimum atomic E-state index is -0.695. The highest BCUT2D eigenvalue weighted by Gasteiger charge is 2.21. The Hall–Kier alpha value is -2.73. The first-order valence-corrected chi connectivity index (χ1v) is 7.57. The summed E-state index contributed by atoms with van der Waals surface area (Å²) in [6.45, 7) is 0.316. The van der Waals surface area contributed by atoms with Crippen molar-refractivity contribution in [1.82, 2.24) is 9.78 Å². The molecule has 24 heavy (non-hydrogen) atoms. The number of nitrogens with one attached hydrogen (secondary N) is 1. The molecule has 6 heteroatoms. The van der Waals surface area contributed by atoms with Gasteiger partial charge in [0.1, 0.15) is 11.6 Å². The number of halogens is 2. The summed E-state index contributed by atoms with van der Waals surface area (Å²) in [4.78, 5) is 0. The monoisotopic (exact) mass is 329 g/mol. The summed E-state index contributed by atoms with van der Waals surface area (Å²) in [6, 6.07) is 11.9. The van der Waals surface area contributed by atoms with E-state index in [1.165, 1.54) is 12.1 Å². The molecule has 3 aromatic rings. The smallest absolute Gasteiger partial charge is 0.128 e. The molecular formula is C18H17F2N3O. The van der Waals surface area contributed by atoms with Gasteiger partial charge in [-0.1, -0.05) is 36.4 Å². The van der Waals surface area contributed by atoms with Crippen LogP contribution in [0.5, 0.6) is 0 Å². The summed E-state index contributed by atoms with van der Waals surface area (Å²) in [7, 11) is 0. The fourth-order valence-corrected chi connectivity index (χ4v) is 2.57. The Morgan fingerprint density at radius 2 is 1.58 bits per heavy atom. The second kappa shape index (κ2) is 7.23. The molecule has 0 aliphatic carbocycles. The van der Waals surface area contributed by atoms with Crippen LogP contribution in [0.2, 0.25) is 0 Å². The van der Waals surface area contributed by atoms with E-state index in [-0.39, 0.29) is 6.61 Å². The third kappa shape index (κ3) is 3.44. The molecule has 2 aromatic carbocycles. The Balaban J connectivity index is 1.99. The molecule has 0 bridgehead atoms. The number of benzene rings is 2. The van der Waals surface area contributed by atoms with Gasteiger partial charge < -0.3 is 10.4 Å². The van der Waals surface area contributed by atoms with Gasteiger partial charge in [-0.2, -0.15) is 5.10 Å². The van der Waals surface area contributed by atoms with E-state index < -0.39 is 17.7 Å². The molecule has 0 radical (unpaired) electrons. The van der Waals surface area contributed by atoms with Crippen molar-refractivity contribution in [1.29, 1.82) is 0 Å². The topological polar surface area (TPSA) is 50.1 Å². The molecule has 0 saturated carbocycles. The highest BCUT2D eigenvalue weighted by atomic mass is 19.1. The van der Waals surface area contributed by atoms with Gasteiger partial charge in [0.2, 0.25) is 0 Å². The van der Waals surface area contributed by atoms with E-state index in [1.807, 2.05) is 0 Å². The summed E-state index contributed by atoms with van der Waals surface area (Å²) < 4.78 is 30.1. The van der Waals surface area contributed by atoms with Crippen molar-refractivity contribution < 1.29 is 13.9 Å². The predicted molar refractivity (Wildman–Crippen MR) is 87.6 cm³/mol. The highest BCUT2D eigenvalue weighted by molar-refractivity contribution is 5.47. The Morgan fingerprint density at radius 1 is 1.00 bits per heavy atom. The van der Waals surface area contributed by atoms with Gasteiger partial charge >= 0.3 is 0 Å². The molecule has 0 spiro atoms. The average molecular weight is 329 g/mol. The van der Waals surface area contributed by atoms with Gasteiger partial charge in [-0.25, -0.2) is 8.78 Å². The van der Waals surface area contributed by atoms with E-state index >= 15 is 0 Å². The van der Waals surface area contributed by atoms with Gasteiger partial charge in [0.05, 0.1) is 31.1 Å². The van der Waals surface area contributed by atoms with E-state index in [0.717, 1.165) is 0 Å². The standard InChI is InChI=1S/C18H17F2N3O/c19-16-7-3-1-5-14(16)18(15-6-2-4-8-17(15)20)22-13-11-21-23(12-13)9-10-24/h1-8,11-12,18,22,24H,9-10H2. The van der Waals surface area contributed by atoms with Crippen LogP contribution in [-0.4, -0.2) is 21.5 Å². The van der Waals surface area contributed by atoms with Gasteiger partial charge in [0.15, 0.2) is 0 Å². The molecule has 0 fully saturated rings. The van der Waals surface area contributed by atoms with Gasteiger partial charge in [0.25, 0.3) is 0 Å². The van der Waals surface area contributed by atoms with Crippen molar-refractivity contribution in [2.45, 2.75) is 12.6 Å². The summed E-state index contributed by atoms with van der Waals surface area (Å²) in [5, 5.41) is 16.2. The van der Waals surface area contributed by atoms with Gasteiger partial charge in [-0.3, -0.25) is 4.68 Å². The van der Waals surface area contributed by atoms with Crippen molar-refractivity contribution in [3.63, 3.8) is 0 Å². The van der Waals surface area contributed by atoms with Crippen LogP contribution >= 0.6 is 0 Å². The number of hydrogen-bond donors (Lipinski definition) is 2. The molecular weight excluding hydrogens is 312 g/mol. The summed E-state index contributed by atoms with van der Waals surface area (Å²) in [5.74, 6) is -0.831. The van der Waals surface area contributed by atoms with E-state index in [4.69, 9.17) is 5.11 Å². The van der Waals surface area contributed by atoms with Crippen LogP contribution in [0.1, 0.15) is 17.2 Å². The van der Waals surface area contributed by atoms with Crippen LogP contribution in [0.4, 0.5) is 14.5 Å².